The van der Waals surface area contributed by atoms with Gasteiger partial charge >= 0.3 is 5.97 Å². The largest absolute Gasteiger partial charge is 0.459 e. The monoisotopic (exact) mass is 321 g/mol. The van der Waals surface area contributed by atoms with E-state index in [0.717, 1.165) is 22.8 Å². The molecule has 4 nitrogen and oxygen atoms in total. The minimum Gasteiger partial charge on any atom is -0.459 e. The van der Waals surface area contributed by atoms with Crippen molar-refractivity contribution in [1.82, 2.24) is 4.57 Å². The quantitative estimate of drug-likeness (QED) is 0.526. The lowest BCUT2D eigenvalue weighted by atomic mass is 10.1. The first-order valence-corrected chi connectivity index (χ1v) is 7.91. The van der Waals surface area contributed by atoms with Crippen LogP contribution in [0.25, 0.3) is 10.9 Å². The Morgan fingerprint density at radius 2 is 1.96 bits per heavy atom. The molecule has 0 aliphatic rings. The third-order valence-corrected chi connectivity index (χ3v) is 3.80. The smallest absolute Gasteiger partial charge is 0.338 e. The lowest BCUT2D eigenvalue weighted by molar-refractivity contribution is 0.0377. The molecular formula is C20H19NO3. The van der Waals surface area contributed by atoms with Gasteiger partial charge in [0.05, 0.1) is 11.7 Å². The van der Waals surface area contributed by atoms with Crippen molar-refractivity contribution in [2.45, 2.75) is 26.5 Å². The fourth-order valence-electron chi connectivity index (χ4n) is 2.78. The number of fused-ring (bicyclic) bond motifs is 1. The Morgan fingerprint density at radius 3 is 2.71 bits per heavy atom. The van der Waals surface area contributed by atoms with Crippen molar-refractivity contribution in [3.05, 3.63) is 71.4 Å². The van der Waals surface area contributed by atoms with Crippen molar-refractivity contribution >= 4 is 23.2 Å². The van der Waals surface area contributed by atoms with Crippen LogP contribution in [-0.2, 0) is 11.3 Å². The number of benzene rings is 2. The summed E-state index contributed by atoms with van der Waals surface area (Å²) in [5, 5.41) is 0.933. The van der Waals surface area contributed by atoms with E-state index in [2.05, 4.69) is 0 Å². The van der Waals surface area contributed by atoms with Crippen LogP contribution in [0.3, 0.4) is 0 Å². The Bertz CT molecular complexity index is 893. The number of ether oxygens (including phenoxy) is 1. The Kier molecular flexibility index (Phi) is 4.47. The highest BCUT2D eigenvalue weighted by Crippen LogP contribution is 2.21. The summed E-state index contributed by atoms with van der Waals surface area (Å²) in [6, 6.07) is 15.2. The molecule has 0 N–H and O–H groups in total. The van der Waals surface area contributed by atoms with Crippen LogP contribution in [0, 0.1) is 0 Å². The van der Waals surface area contributed by atoms with Gasteiger partial charge in [0.15, 0.2) is 6.29 Å². The van der Waals surface area contributed by atoms with Crippen LogP contribution >= 0.6 is 0 Å². The zero-order chi connectivity index (χ0) is 17.1. The average Bonchev–Trinajstić information content (AvgIpc) is 2.92. The van der Waals surface area contributed by atoms with Crippen LogP contribution < -0.4 is 0 Å². The lowest BCUT2D eigenvalue weighted by Crippen LogP contribution is -2.12. The van der Waals surface area contributed by atoms with Crippen LogP contribution in [0.15, 0.2) is 54.7 Å². The Hall–Kier alpha value is -2.88. The molecule has 1 aromatic heterocycles. The summed E-state index contributed by atoms with van der Waals surface area (Å²) in [5.41, 5.74) is 3.18. The zero-order valence-electron chi connectivity index (χ0n) is 13.7. The van der Waals surface area contributed by atoms with Crippen LogP contribution in [0.1, 0.15) is 40.1 Å². The van der Waals surface area contributed by atoms with Crippen molar-refractivity contribution < 1.29 is 14.3 Å². The maximum absolute atomic E-state index is 12.0. The Balaban J connectivity index is 1.92. The molecule has 0 bridgehead atoms. The van der Waals surface area contributed by atoms with Crippen LogP contribution in [0.4, 0.5) is 0 Å². The summed E-state index contributed by atoms with van der Waals surface area (Å²) in [7, 11) is 0. The van der Waals surface area contributed by atoms with Gasteiger partial charge in [0.2, 0.25) is 0 Å². The van der Waals surface area contributed by atoms with Gasteiger partial charge < -0.3 is 9.30 Å². The molecule has 0 amide bonds. The third-order valence-electron chi connectivity index (χ3n) is 3.80. The average molecular weight is 321 g/mol. The van der Waals surface area contributed by atoms with Gasteiger partial charge in [-0.15, -0.1) is 0 Å². The lowest BCUT2D eigenvalue weighted by Gasteiger charge is -2.10. The zero-order valence-corrected chi connectivity index (χ0v) is 13.7. The summed E-state index contributed by atoms with van der Waals surface area (Å²) < 4.78 is 7.26. The Labute approximate surface area is 140 Å². The first kappa shape index (κ1) is 16.0. The van der Waals surface area contributed by atoms with Gasteiger partial charge in [0.25, 0.3) is 0 Å². The number of rotatable bonds is 5. The first-order valence-electron chi connectivity index (χ1n) is 7.91. The molecule has 0 atom stereocenters. The van der Waals surface area contributed by atoms with E-state index in [1.807, 2.05) is 67.1 Å². The van der Waals surface area contributed by atoms with Crippen molar-refractivity contribution in [3.8, 4) is 0 Å². The molecule has 0 radical (unpaired) electrons. The van der Waals surface area contributed by atoms with Crippen molar-refractivity contribution in [1.29, 1.82) is 0 Å². The van der Waals surface area contributed by atoms with E-state index in [4.69, 9.17) is 4.74 Å². The van der Waals surface area contributed by atoms with E-state index in [1.54, 1.807) is 6.07 Å². The normalized spacial score (nSPS) is 11.0. The van der Waals surface area contributed by atoms with Crippen LogP contribution in [-0.4, -0.2) is 22.9 Å². The molecule has 24 heavy (non-hydrogen) atoms. The molecule has 0 saturated carbocycles. The summed E-state index contributed by atoms with van der Waals surface area (Å²) >= 11 is 0. The maximum atomic E-state index is 12.0. The summed E-state index contributed by atoms with van der Waals surface area (Å²) in [5.74, 6) is -0.321. The van der Waals surface area contributed by atoms with Crippen LogP contribution in [0.2, 0.25) is 0 Å². The topological polar surface area (TPSA) is 48.3 Å². The number of para-hydroxylation sites is 1. The van der Waals surface area contributed by atoms with Crippen molar-refractivity contribution in [3.63, 3.8) is 0 Å². The molecule has 0 saturated heterocycles. The fourth-order valence-corrected chi connectivity index (χ4v) is 2.78. The molecule has 3 rings (SSSR count). The summed E-state index contributed by atoms with van der Waals surface area (Å²) in [6.45, 7) is 4.24. The second-order valence-electron chi connectivity index (χ2n) is 6.00. The van der Waals surface area contributed by atoms with Gasteiger partial charge in [-0.3, -0.25) is 4.79 Å². The van der Waals surface area contributed by atoms with E-state index in [1.165, 1.54) is 0 Å². The minimum absolute atomic E-state index is 0.148. The summed E-state index contributed by atoms with van der Waals surface area (Å²) in [4.78, 5) is 23.3. The highest BCUT2D eigenvalue weighted by Gasteiger charge is 2.11. The van der Waals surface area contributed by atoms with Gasteiger partial charge in [0, 0.05) is 29.2 Å². The van der Waals surface area contributed by atoms with Gasteiger partial charge in [-0.05, 0) is 37.6 Å². The molecule has 4 heteroatoms. The predicted octanol–water partition coefficient (Wildman–Crippen LogP) is 4.07. The number of carbonyl (C=O) groups is 2. The number of aromatic nitrogens is 1. The predicted molar refractivity (Wildman–Crippen MR) is 93.4 cm³/mol. The fraction of sp³-hybridized carbons (Fsp3) is 0.200. The molecule has 122 valence electrons. The standard InChI is InChI=1S/C20H19NO3/c1-14(2)24-20(23)16-7-5-6-15(10-16)11-21-12-17(13-22)18-8-3-4-9-19(18)21/h3-10,12-14H,11H2,1-2H3. The van der Waals surface area contributed by atoms with Crippen molar-refractivity contribution in [2.75, 3.05) is 0 Å². The van der Waals surface area contributed by atoms with Crippen LogP contribution in [0.5, 0.6) is 0 Å². The number of hydrogen-bond donors (Lipinski definition) is 0. The van der Waals surface area contributed by atoms with E-state index in [0.29, 0.717) is 17.7 Å². The molecule has 0 spiro atoms. The third kappa shape index (κ3) is 3.23. The molecule has 3 aromatic rings. The van der Waals surface area contributed by atoms with E-state index >= 15 is 0 Å². The summed E-state index contributed by atoms with van der Waals surface area (Å²) in [6.07, 6.45) is 2.57. The number of aldehydes is 1. The molecule has 0 fully saturated rings. The second kappa shape index (κ2) is 6.71. The number of nitrogens with zero attached hydrogens (tertiary/aromatic N) is 1. The Morgan fingerprint density at radius 1 is 1.17 bits per heavy atom. The molecule has 0 aliphatic carbocycles. The SMILES string of the molecule is CC(C)OC(=O)c1cccc(Cn2cc(C=O)c3ccccc32)c1. The van der Waals surface area contributed by atoms with E-state index in [9.17, 15) is 9.59 Å². The number of carbonyl (C=O) groups excluding carboxylic acids is 2. The van der Waals surface area contributed by atoms with E-state index in [-0.39, 0.29) is 12.1 Å². The highest BCUT2D eigenvalue weighted by molar-refractivity contribution is 5.97. The molecule has 0 aliphatic heterocycles. The van der Waals surface area contributed by atoms with Gasteiger partial charge in [-0.25, -0.2) is 4.79 Å². The minimum atomic E-state index is -0.321. The molecule has 1 heterocycles. The number of hydrogen-bond acceptors (Lipinski definition) is 3. The molecular weight excluding hydrogens is 302 g/mol. The van der Waals surface area contributed by atoms with E-state index < -0.39 is 0 Å². The number of esters is 1. The first-order chi connectivity index (χ1) is 11.6. The second-order valence-corrected chi connectivity index (χ2v) is 6.00. The molecule has 2 aromatic carbocycles. The molecule has 0 unspecified atom stereocenters. The van der Waals surface area contributed by atoms with Crippen molar-refractivity contribution in [2.24, 2.45) is 0 Å². The van der Waals surface area contributed by atoms with Gasteiger partial charge in [0.1, 0.15) is 0 Å². The maximum Gasteiger partial charge on any atom is 0.338 e. The van der Waals surface area contributed by atoms with Gasteiger partial charge in [-0.2, -0.15) is 0 Å². The highest BCUT2D eigenvalue weighted by atomic mass is 16.5. The van der Waals surface area contributed by atoms with Gasteiger partial charge in [-0.1, -0.05) is 30.3 Å².